The Kier molecular flexibility index (Phi) is 7.87. The summed E-state index contributed by atoms with van der Waals surface area (Å²) < 4.78 is 27.7. The molecule has 0 saturated heterocycles. The standard InChI is InChI=1S/C12H17FO.HO3P/c1-4-12(5-2,14-3)10-8-6-7-9-11(10)13;1-4(2)3/h6-9H,4-5H2,1-3H3;(H-,1,2,3)/p+1. The highest BCUT2D eigenvalue weighted by Crippen LogP contribution is 2.33. The summed E-state index contributed by atoms with van der Waals surface area (Å²) in [4.78, 5) is 14.2. The fourth-order valence-corrected chi connectivity index (χ4v) is 1.86. The maximum atomic E-state index is 13.6. The van der Waals surface area contributed by atoms with Crippen molar-refractivity contribution in [1.29, 1.82) is 0 Å². The Labute approximate surface area is 107 Å². The molecule has 0 aliphatic rings. The lowest BCUT2D eigenvalue weighted by Gasteiger charge is -2.31. The smallest absolute Gasteiger partial charge is 0.373 e. The summed E-state index contributed by atoms with van der Waals surface area (Å²) in [5.74, 6) is -0.182. The maximum Gasteiger partial charge on any atom is 0.692 e. The SMILES string of the molecule is CCC(CC)(OC)c1ccccc1F.O=[P+](O)O. The molecule has 1 aromatic rings. The van der Waals surface area contributed by atoms with Crippen LogP contribution in [-0.4, -0.2) is 16.9 Å². The third kappa shape index (κ3) is 4.78. The Bertz CT molecular complexity index is 368. The molecule has 0 bridgehead atoms. The number of rotatable bonds is 4. The molecule has 1 aromatic carbocycles. The van der Waals surface area contributed by atoms with Gasteiger partial charge in [0.1, 0.15) is 5.82 Å². The fraction of sp³-hybridized carbons (Fsp3) is 0.500. The average molecular weight is 277 g/mol. The molecule has 0 unspecified atom stereocenters. The van der Waals surface area contributed by atoms with E-state index in [4.69, 9.17) is 19.1 Å². The fourth-order valence-electron chi connectivity index (χ4n) is 1.86. The van der Waals surface area contributed by atoms with E-state index in [2.05, 4.69) is 0 Å². The Morgan fingerprint density at radius 1 is 1.28 bits per heavy atom. The van der Waals surface area contributed by atoms with E-state index >= 15 is 0 Å². The number of hydrogen-bond acceptors (Lipinski definition) is 2. The third-order valence-corrected chi connectivity index (χ3v) is 2.90. The van der Waals surface area contributed by atoms with Gasteiger partial charge in [-0.25, -0.2) is 4.39 Å². The van der Waals surface area contributed by atoms with Gasteiger partial charge in [-0.05, 0) is 18.9 Å². The summed E-state index contributed by atoms with van der Waals surface area (Å²) in [6.45, 7) is 4.03. The van der Waals surface area contributed by atoms with Crippen molar-refractivity contribution in [2.75, 3.05) is 7.11 Å². The quantitative estimate of drug-likeness (QED) is 0.830. The zero-order chi connectivity index (χ0) is 14.2. The van der Waals surface area contributed by atoms with Gasteiger partial charge in [-0.2, -0.15) is 0 Å². The van der Waals surface area contributed by atoms with Gasteiger partial charge in [0.25, 0.3) is 0 Å². The first-order valence-electron chi connectivity index (χ1n) is 5.58. The van der Waals surface area contributed by atoms with Gasteiger partial charge in [-0.1, -0.05) is 32.0 Å². The van der Waals surface area contributed by atoms with Crippen molar-refractivity contribution in [2.24, 2.45) is 0 Å². The number of hydrogen-bond donors (Lipinski definition) is 2. The number of ether oxygens (including phenoxy) is 1. The van der Waals surface area contributed by atoms with Crippen molar-refractivity contribution in [3.05, 3.63) is 35.6 Å². The molecule has 0 atom stereocenters. The van der Waals surface area contributed by atoms with Gasteiger partial charge >= 0.3 is 8.25 Å². The highest BCUT2D eigenvalue weighted by molar-refractivity contribution is 7.30. The molecule has 0 heterocycles. The Balaban J connectivity index is 0.000000631. The van der Waals surface area contributed by atoms with Crippen molar-refractivity contribution in [3.8, 4) is 0 Å². The van der Waals surface area contributed by atoms with Gasteiger partial charge in [0.15, 0.2) is 0 Å². The number of benzene rings is 1. The Hall–Kier alpha value is -0.870. The van der Waals surface area contributed by atoms with Crippen LogP contribution in [0.25, 0.3) is 0 Å². The zero-order valence-electron chi connectivity index (χ0n) is 10.8. The van der Waals surface area contributed by atoms with E-state index in [0.717, 1.165) is 12.8 Å². The average Bonchev–Trinajstić information content (AvgIpc) is 2.33. The predicted molar refractivity (Wildman–Crippen MR) is 67.7 cm³/mol. The lowest BCUT2D eigenvalue weighted by Crippen LogP contribution is -2.27. The number of methoxy groups -OCH3 is 1. The van der Waals surface area contributed by atoms with Crippen molar-refractivity contribution in [2.45, 2.75) is 32.3 Å². The zero-order valence-corrected chi connectivity index (χ0v) is 11.7. The summed E-state index contributed by atoms with van der Waals surface area (Å²) in [7, 11) is -1.23. The lowest BCUT2D eigenvalue weighted by atomic mass is 9.88. The van der Waals surface area contributed by atoms with Crippen LogP contribution in [0.5, 0.6) is 0 Å². The maximum absolute atomic E-state index is 13.6. The molecule has 0 aliphatic carbocycles. The molecule has 18 heavy (non-hydrogen) atoms. The second-order valence-corrected chi connectivity index (χ2v) is 4.14. The first-order valence-corrected chi connectivity index (χ1v) is 6.75. The predicted octanol–water partition coefficient (Wildman–Crippen LogP) is 3.12. The molecular weight excluding hydrogens is 258 g/mol. The van der Waals surface area contributed by atoms with Crippen molar-refractivity contribution < 1.29 is 23.5 Å². The lowest BCUT2D eigenvalue weighted by molar-refractivity contribution is -0.0244. The summed E-state index contributed by atoms with van der Waals surface area (Å²) in [6, 6.07) is 6.82. The van der Waals surface area contributed by atoms with Crippen LogP contribution < -0.4 is 0 Å². The largest absolute Gasteiger partial charge is 0.692 e. The molecule has 102 valence electrons. The van der Waals surface area contributed by atoms with E-state index < -0.39 is 13.9 Å². The molecule has 0 saturated carbocycles. The summed E-state index contributed by atoms with van der Waals surface area (Å²) >= 11 is 0. The third-order valence-electron chi connectivity index (χ3n) is 2.90. The topological polar surface area (TPSA) is 66.8 Å². The minimum atomic E-state index is -2.87. The van der Waals surface area contributed by atoms with Gasteiger partial charge in [0.05, 0.1) is 5.60 Å². The molecule has 1 rings (SSSR count). The van der Waals surface area contributed by atoms with E-state index in [1.165, 1.54) is 6.07 Å². The van der Waals surface area contributed by atoms with Gasteiger partial charge in [0, 0.05) is 17.2 Å². The molecular formula is C12H19FO4P+. The van der Waals surface area contributed by atoms with E-state index in [1.807, 2.05) is 19.9 Å². The van der Waals surface area contributed by atoms with E-state index in [9.17, 15) is 4.39 Å². The first kappa shape index (κ1) is 17.1. The second kappa shape index (κ2) is 8.27. The second-order valence-electron chi connectivity index (χ2n) is 3.64. The van der Waals surface area contributed by atoms with Crippen LogP contribution in [-0.2, 0) is 14.9 Å². The highest BCUT2D eigenvalue weighted by atomic mass is 31.1. The van der Waals surface area contributed by atoms with Crippen LogP contribution in [0.15, 0.2) is 24.3 Å². The highest BCUT2D eigenvalue weighted by Gasteiger charge is 2.30. The molecule has 0 aromatic heterocycles. The van der Waals surface area contributed by atoms with Crippen molar-refractivity contribution >= 4 is 8.25 Å². The summed E-state index contributed by atoms with van der Waals surface area (Å²) in [5, 5.41) is 0. The van der Waals surface area contributed by atoms with Gasteiger partial charge in [0.2, 0.25) is 0 Å². The summed E-state index contributed by atoms with van der Waals surface area (Å²) in [6.07, 6.45) is 1.56. The Morgan fingerprint density at radius 3 is 2.06 bits per heavy atom. The Morgan fingerprint density at radius 2 is 1.72 bits per heavy atom. The molecule has 0 fully saturated rings. The summed E-state index contributed by atoms with van der Waals surface area (Å²) in [5.41, 5.74) is 0.193. The van der Waals surface area contributed by atoms with Crippen LogP contribution in [0.1, 0.15) is 32.3 Å². The van der Waals surface area contributed by atoms with Crippen molar-refractivity contribution in [3.63, 3.8) is 0 Å². The van der Waals surface area contributed by atoms with Gasteiger partial charge in [-0.3, -0.25) is 0 Å². The normalized spacial score (nSPS) is 10.6. The molecule has 2 N–H and O–H groups in total. The molecule has 4 nitrogen and oxygen atoms in total. The number of halogens is 1. The van der Waals surface area contributed by atoms with Crippen molar-refractivity contribution in [1.82, 2.24) is 0 Å². The van der Waals surface area contributed by atoms with Gasteiger partial charge in [-0.15, -0.1) is 9.79 Å². The molecule has 6 heteroatoms. The van der Waals surface area contributed by atoms with Crippen LogP contribution >= 0.6 is 8.25 Å². The van der Waals surface area contributed by atoms with Crippen LogP contribution in [0.4, 0.5) is 4.39 Å². The molecule has 0 radical (unpaired) electrons. The first-order chi connectivity index (χ1) is 8.43. The minimum absolute atomic E-state index is 0.182. The van der Waals surface area contributed by atoms with E-state index in [-0.39, 0.29) is 5.82 Å². The van der Waals surface area contributed by atoms with Gasteiger partial charge < -0.3 is 4.74 Å². The monoisotopic (exact) mass is 277 g/mol. The van der Waals surface area contributed by atoms with Crippen LogP contribution in [0.2, 0.25) is 0 Å². The molecule has 0 spiro atoms. The minimum Gasteiger partial charge on any atom is -0.373 e. The van der Waals surface area contributed by atoms with Crippen LogP contribution in [0, 0.1) is 5.82 Å². The van der Waals surface area contributed by atoms with Crippen LogP contribution in [0.3, 0.4) is 0 Å². The molecule has 0 amide bonds. The van der Waals surface area contributed by atoms with E-state index in [0.29, 0.717) is 5.56 Å². The van der Waals surface area contributed by atoms with E-state index in [1.54, 1.807) is 19.2 Å². The molecule has 0 aliphatic heterocycles.